The van der Waals surface area contributed by atoms with Gasteiger partial charge in [-0.1, -0.05) is 11.6 Å². The average Bonchev–Trinajstić information content (AvgIpc) is 2.88. The van der Waals surface area contributed by atoms with Crippen molar-refractivity contribution < 1.29 is 4.79 Å². The third-order valence-electron chi connectivity index (χ3n) is 3.21. The summed E-state index contributed by atoms with van der Waals surface area (Å²) in [5, 5.41) is 2.39. The summed E-state index contributed by atoms with van der Waals surface area (Å²) in [5.41, 5.74) is 7.27. The molecule has 0 saturated carbocycles. The van der Waals surface area contributed by atoms with Crippen LogP contribution in [0.3, 0.4) is 0 Å². The van der Waals surface area contributed by atoms with Crippen LogP contribution in [0.15, 0.2) is 23.7 Å². The number of fused-ring (bicyclic) bond motifs is 1. The maximum atomic E-state index is 12.4. The highest BCUT2D eigenvalue weighted by molar-refractivity contribution is 7.10. The molecule has 98 valence electrons. The van der Waals surface area contributed by atoms with Crippen LogP contribution in [-0.4, -0.2) is 22.3 Å². The number of hydrogen-bond acceptors (Lipinski definition) is 4. The monoisotopic (exact) mass is 293 g/mol. The van der Waals surface area contributed by atoms with Crippen molar-refractivity contribution in [3.8, 4) is 0 Å². The predicted octanol–water partition coefficient (Wildman–Crippen LogP) is 2.58. The highest BCUT2D eigenvalue weighted by Crippen LogP contribution is 2.25. The fourth-order valence-corrected chi connectivity index (χ4v) is 3.23. The number of nitrogen functional groups attached to an aromatic ring is 1. The number of thiophene rings is 1. The van der Waals surface area contributed by atoms with Gasteiger partial charge < -0.3 is 10.6 Å². The van der Waals surface area contributed by atoms with E-state index in [4.69, 9.17) is 17.3 Å². The molecule has 0 aromatic carbocycles. The zero-order chi connectivity index (χ0) is 13.4. The van der Waals surface area contributed by atoms with E-state index in [0.717, 1.165) is 13.0 Å². The van der Waals surface area contributed by atoms with Crippen LogP contribution in [0.1, 0.15) is 20.8 Å². The Morgan fingerprint density at radius 2 is 2.37 bits per heavy atom. The van der Waals surface area contributed by atoms with Gasteiger partial charge in [-0.3, -0.25) is 4.79 Å². The maximum absolute atomic E-state index is 12.4. The number of rotatable bonds is 1. The van der Waals surface area contributed by atoms with E-state index >= 15 is 0 Å². The van der Waals surface area contributed by atoms with Gasteiger partial charge in [0, 0.05) is 24.2 Å². The Hall–Kier alpha value is -1.59. The molecule has 2 N–H and O–H groups in total. The number of aromatic nitrogens is 1. The van der Waals surface area contributed by atoms with Gasteiger partial charge in [0.05, 0.1) is 10.6 Å². The number of anilines is 1. The van der Waals surface area contributed by atoms with Gasteiger partial charge in [-0.05, 0) is 29.5 Å². The number of carbonyl (C=O) groups is 1. The van der Waals surface area contributed by atoms with Crippen molar-refractivity contribution in [2.24, 2.45) is 0 Å². The van der Waals surface area contributed by atoms with Crippen LogP contribution in [0.2, 0.25) is 5.02 Å². The second kappa shape index (κ2) is 4.83. The third kappa shape index (κ3) is 2.31. The number of nitrogens with two attached hydrogens (primary N) is 1. The quantitative estimate of drug-likeness (QED) is 0.879. The number of halogens is 1. The van der Waals surface area contributed by atoms with E-state index in [-0.39, 0.29) is 11.7 Å². The smallest absolute Gasteiger partial charge is 0.255 e. The molecule has 0 aliphatic carbocycles. The molecule has 2 aromatic heterocycles. The Balaban J connectivity index is 1.83. The first-order valence-electron chi connectivity index (χ1n) is 5.90. The molecule has 0 atom stereocenters. The Bertz CT molecular complexity index is 641. The van der Waals surface area contributed by atoms with E-state index in [1.54, 1.807) is 17.4 Å². The maximum Gasteiger partial charge on any atom is 0.255 e. The molecule has 0 fully saturated rings. The van der Waals surface area contributed by atoms with Crippen molar-refractivity contribution in [3.05, 3.63) is 44.7 Å². The summed E-state index contributed by atoms with van der Waals surface area (Å²) in [4.78, 5) is 19.5. The fraction of sp³-hybridized carbons (Fsp3) is 0.231. The number of hydrogen-bond donors (Lipinski definition) is 1. The van der Waals surface area contributed by atoms with Gasteiger partial charge in [0.2, 0.25) is 0 Å². The summed E-state index contributed by atoms with van der Waals surface area (Å²) in [6.07, 6.45) is 2.39. The first-order valence-corrected chi connectivity index (χ1v) is 7.16. The Morgan fingerprint density at radius 3 is 3.16 bits per heavy atom. The average molecular weight is 294 g/mol. The van der Waals surface area contributed by atoms with Crippen molar-refractivity contribution in [1.29, 1.82) is 0 Å². The molecule has 3 heterocycles. The molecule has 0 spiro atoms. The summed E-state index contributed by atoms with van der Waals surface area (Å²) in [7, 11) is 0. The fourth-order valence-electron chi connectivity index (χ4n) is 2.17. The van der Waals surface area contributed by atoms with Crippen molar-refractivity contribution in [3.63, 3.8) is 0 Å². The standard InChI is InChI=1S/C13H12ClN3OS/c14-10-5-9(6-16-12(10)15)13(18)17-3-1-11-8(7-17)2-4-19-11/h2,4-6H,1,3,7H2,(H2,15,16). The lowest BCUT2D eigenvalue weighted by molar-refractivity contribution is 0.0735. The second-order valence-electron chi connectivity index (χ2n) is 4.44. The molecule has 2 aromatic rings. The number of amides is 1. The van der Waals surface area contributed by atoms with Crippen LogP contribution in [0.5, 0.6) is 0 Å². The SMILES string of the molecule is Nc1ncc(C(=O)N2CCc3sccc3C2)cc1Cl. The summed E-state index contributed by atoms with van der Waals surface area (Å²) in [6.45, 7) is 1.38. The van der Waals surface area contributed by atoms with Crippen LogP contribution in [0.25, 0.3) is 0 Å². The first kappa shape index (κ1) is 12.4. The Morgan fingerprint density at radius 1 is 1.53 bits per heavy atom. The molecule has 1 aliphatic rings. The molecule has 4 nitrogen and oxygen atoms in total. The number of nitrogens with zero attached hydrogens (tertiary/aromatic N) is 2. The molecule has 0 saturated heterocycles. The summed E-state index contributed by atoms with van der Waals surface area (Å²) in [5.74, 6) is 0.197. The molecule has 0 radical (unpaired) electrons. The van der Waals surface area contributed by atoms with Crippen LogP contribution in [-0.2, 0) is 13.0 Å². The lowest BCUT2D eigenvalue weighted by Crippen LogP contribution is -2.35. The number of pyridine rings is 1. The molecule has 1 amide bonds. The van der Waals surface area contributed by atoms with E-state index in [1.165, 1.54) is 16.6 Å². The molecule has 1 aliphatic heterocycles. The van der Waals surface area contributed by atoms with E-state index in [0.29, 0.717) is 17.1 Å². The lowest BCUT2D eigenvalue weighted by Gasteiger charge is -2.27. The summed E-state index contributed by atoms with van der Waals surface area (Å²) < 4.78 is 0. The van der Waals surface area contributed by atoms with Gasteiger partial charge in [0.15, 0.2) is 0 Å². The van der Waals surface area contributed by atoms with Gasteiger partial charge in [-0.15, -0.1) is 11.3 Å². The van der Waals surface area contributed by atoms with Crippen LogP contribution < -0.4 is 5.73 Å². The predicted molar refractivity (Wildman–Crippen MR) is 76.4 cm³/mol. The third-order valence-corrected chi connectivity index (χ3v) is 4.54. The minimum Gasteiger partial charge on any atom is -0.382 e. The van der Waals surface area contributed by atoms with Crippen LogP contribution in [0.4, 0.5) is 5.82 Å². The van der Waals surface area contributed by atoms with E-state index < -0.39 is 0 Å². The number of carbonyl (C=O) groups excluding carboxylic acids is 1. The molecule has 3 rings (SSSR count). The molecule has 0 bridgehead atoms. The van der Waals surface area contributed by atoms with Crippen molar-refractivity contribution in [1.82, 2.24) is 9.88 Å². The minimum absolute atomic E-state index is 0.0498. The van der Waals surface area contributed by atoms with Crippen molar-refractivity contribution >= 4 is 34.7 Å². The van der Waals surface area contributed by atoms with Gasteiger partial charge in [0.1, 0.15) is 5.82 Å². The molecule has 6 heteroatoms. The van der Waals surface area contributed by atoms with Gasteiger partial charge in [-0.25, -0.2) is 4.98 Å². The topological polar surface area (TPSA) is 59.2 Å². The van der Waals surface area contributed by atoms with Gasteiger partial charge >= 0.3 is 0 Å². The van der Waals surface area contributed by atoms with Crippen LogP contribution >= 0.6 is 22.9 Å². The van der Waals surface area contributed by atoms with Crippen LogP contribution in [0, 0.1) is 0 Å². The highest BCUT2D eigenvalue weighted by Gasteiger charge is 2.23. The summed E-state index contributed by atoms with van der Waals surface area (Å²) in [6, 6.07) is 3.66. The first-order chi connectivity index (χ1) is 9.15. The van der Waals surface area contributed by atoms with E-state index in [9.17, 15) is 4.79 Å². The largest absolute Gasteiger partial charge is 0.382 e. The van der Waals surface area contributed by atoms with E-state index in [2.05, 4.69) is 16.4 Å². The zero-order valence-corrected chi connectivity index (χ0v) is 11.7. The van der Waals surface area contributed by atoms with Crippen molar-refractivity contribution in [2.45, 2.75) is 13.0 Å². The lowest BCUT2D eigenvalue weighted by atomic mass is 10.1. The molecule has 19 heavy (non-hydrogen) atoms. The highest BCUT2D eigenvalue weighted by atomic mass is 35.5. The Labute approximate surface area is 119 Å². The second-order valence-corrected chi connectivity index (χ2v) is 5.84. The normalized spacial score (nSPS) is 14.3. The van der Waals surface area contributed by atoms with Crippen molar-refractivity contribution in [2.75, 3.05) is 12.3 Å². The summed E-state index contributed by atoms with van der Waals surface area (Å²) >= 11 is 7.66. The minimum atomic E-state index is -0.0498. The van der Waals surface area contributed by atoms with Gasteiger partial charge in [0.25, 0.3) is 5.91 Å². The zero-order valence-electron chi connectivity index (χ0n) is 10.1. The molecular weight excluding hydrogens is 282 g/mol. The van der Waals surface area contributed by atoms with E-state index in [1.807, 2.05) is 4.90 Å². The van der Waals surface area contributed by atoms with Gasteiger partial charge in [-0.2, -0.15) is 0 Å². The Kier molecular flexibility index (Phi) is 3.16. The molecular formula is C13H12ClN3OS. The molecule has 0 unspecified atom stereocenters.